The maximum Gasteiger partial charge on any atom is 0.320 e. The smallest absolute Gasteiger partial charge is 0.320 e. The van der Waals surface area contributed by atoms with Crippen molar-refractivity contribution in [1.29, 1.82) is 0 Å². The first-order valence-electron chi connectivity index (χ1n) is 10.9. The molecule has 0 bridgehead atoms. The lowest BCUT2D eigenvalue weighted by Crippen LogP contribution is -2.44. The minimum Gasteiger partial charge on any atom is -0.460 e. The van der Waals surface area contributed by atoms with E-state index >= 15 is 0 Å². The van der Waals surface area contributed by atoms with Crippen molar-refractivity contribution < 1.29 is 14.3 Å². The summed E-state index contributed by atoms with van der Waals surface area (Å²) in [4.78, 5) is 34.6. The zero-order chi connectivity index (χ0) is 23.2. The van der Waals surface area contributed by atoms with E-state index in [4.69, 9.17) is 4.74 Å². The van der Waals surface area contributed by atoms with Gasteiger partial charge >= 0.3 is 5.97 Å². The van der Waals surface area contributed by atoms with Gasteiger partial charge in [0.2, 0.25) is 5.91 Å². The van der Waals surface area contributed by atoms with Gasteiger partial charge in [-0.3, -0.25) is 14.5 Å². The Labute approximate surface area is 192 Å². The monoisotopic (exact) mass is 445 g/mol. The Morgan fingerprint density at radius 1 is 1.24 bits per heavy atom. The molecule has 1 aliphatic rings. The first kappa shape index (κ1) is 22.4. The molecule has 1 aromatic heterocycles. The molecule has 2 aromatic carbocycles. The number of aromatic nitrogens is 2. The fraction of sp³-hybridized carbons (Fsp3) is 0.280. The second-order valence-electron chi connectivity index (χ2n) is 8.12. The number of esters is 1. The molecule has 8 heteroatoms. The summed E-state index contributed by atoms with van der Waals surface area (Å²) in [6, 6.07) is 15.7. The molecule has 0 saturated carbocycles. The summed E-state index contributed by atoms with van der Waals surface area (Å²) in [6.07, 6.45) is 4.62. The highest BCUT2D eigenvalue weighted by Gasteiger charge is 2.22. The zero-order valence-corrected chi connectivity index (χ0v) is 18.7. The molecule has 2 atom stereocenters. The van der Waals surface area contributed by atoms with E-state index in [1.54, 1.807) is 6.08 Å². The van der Waals surface area contributed by atoms with Crippen molar-refractivity contribution >= 4 is 34.3 Å². The van der Waals surface area contributed by atoms with Gasteiger partial charge in [0.05, 0.1) is 12.1 Å². The van der Waals surface area contributed by atoms with Crippen molar-refractivity contribution in [3.63, 3.8) is 0 Å². The summed E-state index contributed by atoms with van der Waals surface area (Å²) in [5.74, 6) is 0.219. The summed E-state index contributed by atoms with van der Waals surface area (Å²) in [7, 11) is 0. The van der Waals surface area contributed by atoms with E-state index in [1.807, 2.05) is 48.2 Å². The third kappa shape index (κ3) is 5.93. The summed E-state index contributed by atoms with van der Waals surface area (Å²) < 4.78 is 5.12. The molecular formula is C25H27N5O3. The summed E-state index contributed by atoms with van der Waals surface area (Å²) in [6.45, 7) is 5.32. The third-order valence-electron chi connectivity index (χ3n) is 5.39. The molecule has 170 valence electrons. The number of hydrogen-bond acceptors (Lipinski definition) is 7. The van der Waals surface area contributed by atoms with Crippen LogP contribution >= 0.6 is 0 Å². The Morgan fingerprint density at radius 2 is 2.06 bits per heavy atom. The van der Waals surface area contributed by atoms with Crippen LogP contribution in [-0.4, -0.2) is 52.5 Å². The Balaban J connectivity index is 1.42. The number of carbonyl (C=O) groups is 2. The molecule has 3 aromatic rings. The van der Waals surface area contributed by atoms with Gasteiger partial charge in [0.25, 0.3) is 0 Å². The van der Waals surface area contributed by atoms with E-state index in [0.29, 0.717) is 24.6 Å². The lowest BCUT2D eigenvalue weighted by atomic mass is 10.1. The van der Waals surface area contributed by atoms with Gasteiger partial charge in [0, 0.05) is 36.3 Å². The van der Waals surface area contributed by atoms with Gasteiger partial charge in [0.15, 0.2) is 0 Å². The first-order chi connectivity index (χ1) is 16.0. The zero-order valence-electron chi connectivity index (χ0n) is 18.7. The topological polar surface area (TPSA) is 96.5 Å². The van der Waals surface area contributed by atoms with Crippen LogP contribution in [0.25, 0.3) is 10.9 Å². The van der Waals surface area contributed by atoms with Gasteiger partial charge in [-0.25, -0.2) is 9.97 Å². The number of fused-ring (bicyclic) bond motifs is 1. The number of ether oxygens (including phenoxy) is 1. The van der Waals surface area contributed by atoms with Crippen LogP contribution in [0, 0.1) is 0 Å². The molecule has 4 rings (SSSR count). The number of anilines is 2. The van der Waals surface area contributed by atoms with Crippen molar-refractivity contribution in [3.05, 3.63) is 72.6 Å². The first-order valence-corrected chi connectivity index (χ1v) is 10.9. The summed E-state index contributed by atoms with van der Waals surface area (Å²) in [5.41, 5.74) is 2.58. The fourth-order valence-electron chi connectivity index (χ4n) is 3.82. The van der Waals surface area contributed by atoms with Crippen LogP contribution in [0.5, 0.6) is 0 Å². The normalized spacial score (nSPS) is 17.6. The fourth-order valence-corrected chi connectivity index (χ4v) is 3.82. The van der Waals surface area contributed by atoms with Crippen molar-refractivity contribution in [2.24, 2.45) is 0 Å². The minimum atomic E-state index is -0.244. The van der Waals surface area contributed by atoms with Crippen molar-refractivity contribution in [3.8, 4) is 0 Å². The number of amides is 1. The van der Waals surface area contributed by atoms with Crippen LogP contribution in [0.2, 0.25) is 0 Å². The molecule has 1 saturated heterocycles. The van der Waals surface area contributed by atoms with Gasteiger partial charge < -0.3 is 15.4 Å². The molecule has 0 aliphatic carbocycles. The van der Waals surface area contributed by atoms with E-state index < -0.39 is 0 Å². The Bertz CT molecular complexity index is 1170. The molecule has 33 heavy (non-hydrogen) atoms. The second-order valence-corrected chi connectivity index (χ2v) is 8.12. The maximum atomic E-state index is 12.4. The highest BCUT2D eigenvalue weighted by Crippen LogP contribution is 2.26. The van der Waals surface area contributed by atoms with Gasteiger partial charge in [-0.15, -0.1) is 0 Å². The largest absolute Gasteiger partial charge is 0.460 e. The number of morpholine rings is 1. The summed E-state index contributed by atoms with van der Waals surface area (Å²) in [5, 5.41) is 7.14. The molecular weight excluding hydrogens is 418 g/mol. The van der Waals surface area contributed by atoms with E-state index in [0.717, 1.165) is 16.5 Å². The highest BCUT2D eigenvalue weighted by molar-refractivity contribution is 6.01. The van der Waals surface area contributed by atoms with E-state index in [-0.39, 0.29) is 30.6 Å². The Kier molecular flexibility index (Phi) is 6.95. The van der Waals surface area contributed by atoms with Crippen LogP contribution in [0.3, 0.4) is 0 Å². The Hall–Kier alpha value is -3.78. The van der Waals surface area contributed by atoms with Crippen molar-refractivity contribution in [2.75, 3.05) is 30.3 Å². The van der Waals surface area contributed by atoms with Crippen molar-refractivity contribution in [2.45, 2.75) is 26.0 Å². The molecule has 0 spiro atoms. The number of nitrogens with zero attached hydrogens (tertiary/aromatic N) is 3. The summed E-state index contributed by atoms with van der Waals surface area (Å²) >= 11 is 0. The van der Waals surface area contributed by atoms with Gasteiger partial charge in [0.1, 0.15) is 18.2 Å². The van der Waals surface area contributed by atoms with Crippen LogP contribution < -0.4 is 10.6 Å². The van der Waals surface area contributed by atoms with Crippen LogP contribution in [-0.2, 0) is 14.3 Å². The number of cyclic esters (lactones) is 1. The number of nitrogens with one attached hydrogen (secondary N) is 2. The van der Waals surface area contributed by atoms with Gasteiger partial charge in [-0.1, -0.05) is 36.4 Å². The Morgan fingerprint density at radius 3 is 2.85 bits per heavy atom. The molecule has 1 aliphatic heterocycles. The minimum absolute atomic E-state index is 0.0558. The number of carbonyl (C=O) groups excluding carboxylic acids is 2. The van der Waals surface area contributed by atoms with Crippen LogP contribution in [0.4, 0.5) is 11.5 Å². The average Bonchev–Trinajstić information content (AvgIpc) is 2.79. The predicted octanol–water partition coefficient (Wildman–Crippen LogP) is 3.54. The van der Waals surface area contributed by atoms with E-state index in [2.05, 4.69) is 39.7 Å². The lowest BCUT2D eigenvalue weighted by Gasteiger charge is -2.29. The second kappa shape index (κ2) is 10.2. The number of benzene rings is 2. The number of hydrogen-bond donors (Lipinski definition) is 2. The van der Waals surface area contributed by atoms with Gasteiger partial charge in [-0.2, -0.15) is 0 Å². The van der Waals surface area contributed by atoms with Crippen LogP contribution in [0.1, 0.15) is 25.5 Å². The quantitative estimate of drug-likeness (QED) is 0.424. The molecule has 1 amide bonds. The highest BCUT2D eigenvalue weighted by atomic mass is 16.5. The average molecular weight is 446 g/mol. The molecule has 2 heterocycles. The molecule has 1 fully saturated rings. The van der Waals surface area contributed by atoms with E-state index in [1.165, 1.54) is 12.4 Å². The van der Waals surface area contributed by atoms with Crippen LogP contribution in [0.15, 0.2) is 67.0 Å². The third-order valence-corrected chi connectivity index (χ3v) is 5.39. The molecule has 8 nitrogen and oxygen atoms in total. The predicted molar refractivity (Wildman–Crippen MR) is 128 cm³/mol. The maximum absolute atomic E-state index is 12.4. The number of rotatable bonds is 7. The van der Waals surface area contributed by atoms with Gasteiger partial charge in [-0.05, 0) is 37.6 Å². The lowest BCUT2D eigenvalue weighted by molar-refractivity contribution is -0.156. The molecule has 0 radical (unpaired) electrons. The standard InChI is InChI=1S/C25H27N5O3/c1-17-14-30(15-24(32)33-17)12-6-9-23(31)29-20-10-11-22-21(13-20)25(27-16-26-22)28-18(2)19-7-4-3-5-8-19/h3-11,13,16-18H,12,14-15H2,1-2H3,(H,29,31)(H,26,27,28). The SMILES string of the molecule is CC1CN(CC=CC(=O)Nc2ccc3ncnc(NC(C)c4ccccc4)c3c2)CC(=O)O1. The van der Waals surface area contributed by atoms with Crippen molar-refractivity contribution in [1.82, 2.24) is 14.9 Å². The molecule has 2 N–H and O–H groups in total. The van der Waals surface area contributed by atoms with E-state index in [9.17, 15) is 9.59 Å². The molecule has 2 unspecified atom stereocenters.